The number of amides is 2. The lowest BCUT2D eigenvalue weighted by atomic mass is 10.1. The lowest BCUT2D eigenvalue weighted by Gasteiger charge is -2.24. The van der Waals surface area contributed by atoms with E-state index in [9.17, 15) is 14.4 Å². The number of halogens is 1. The van der Waals surface area contributed by atoms with Crippen LogP contribution in [0.2, 0.25) is 5.02 Å². The monoisotopic (exact) mass is 440 g/mol. The average Bonchev–Trinajstić information content (AvgIpc) is 2.61. The Kier molecular flexibility index (Phi) is 10.7. The van der Waals surface area contributed by atoms with Gasteiger partial charge in [-0.3, -0.25) is 4.79 Å². The van der Waals surface area contributed by atoms with Crippen LogP contribution in [0.5, 0.6) is 5.75 Å². The highest BCUT2D eigenvalue weighted by Gasteiger charge is 2.21. The predicted molar refractivity (Wildman–Crippen MR) is 117 cm³/mol. The first-order valence-electron chi connectivity index (χ1n) is 10.2. The van der Waals surface area contributed by atoms with Gasteiger partial charge in [0.2, 0.25) is 5.91 Å². The van der Waals surface area contributed by atoms with Gasteiger partial charge in [0.1, 0.15) is 23.7 Å². The summed E-state index contributed by atoms with van der Waals surface area (Å²) in [6.45, 7) is 6.99. The number of rotatable bonds is 12. The van der Waals surface area contributed by atoms with Gasteiger partial charge >= 0.3 is 6.09 Å². The Balaban J connectivity index is 2.72. The van der Waals surface area contributed by atoms with Gasteiger partial charge in [0.25, 0.3) is 0 Å². The van der Waals surface area contributed by atoms with Crippen LogP contribution in [0.15, 0.2) is 18.2 Å². The van der Waals surface area contributed by atoms with Crippen LogP contribution in [0.1, 0.15) is 65.4 Å². The first kappa shape index (κ1) is 25.8. The Hall–Kier alpha value is -2.28. The molecule has 1 atom stereocenters. The molecule has 7 nitrogen and oxygen atoms in total. The van der Waals surface area contributed by atoms with Crippen LogP contribution in [0.25, 0.3) is 0 Å². The highest BCUT2D eigenvalue weighted by Crippen LogP contribution is 2.29. The molecule has 2 amide bonds. The molecule has 0 heterocycles. The zero-order valence-electron chi connectivity index (χ0n) is 18.3. The van der Waals surface area contributed by atoms with Gasteiger partial charge in [-0.15, -0.1) is 0 Å². The molecular formula is C22H33ClN2O5. The maximum Gasteiger partial charge on any atom is 0.407 e. The van der Waals surface area contributed by atoms with Crippen molar-refractivity contribution in [3.8, 4) is 5.75 Å². The van der Waals surface area contributed by atoms with Crippen LogP contribution in [0, 0.1) is 0 Å². The van der Waals surface area contributed by atoms with Crippen LogP contribution in [-0.2, 0) is 20.7 Å². The van der Waals surface area contributed by atoms with Gasteiger partial charge in [0.15, 0.2) is 0 Å². The van der Waals surface area contributed by atoms with E-state index in [1.807, 2.05) is 12.1 Å². The maximum atomic E-state index is 12.1. The molecule has 0 aromatic heterocycles. The standard InChI is InChI=1S/C22H33ClN2O5/c1-15(26)12-13-17(25-21(28)30-22(2,3)4)14-29-18-10-7-9-16(20(18)23)8-5-6-11-19(24)27/h7,9-10,17H,5-6,8,11-14H2,1-4H3,(H2,24,27)(H,25,28). The summed E-state index contributed by atoms with van der Waals surface area (Å²) in [7, 11) is 0. The number of unbranched alkanes of at least 4 members (excludes halogenated alkanes) is 1. The Morgan fingerprint density at radius 2 is 1.87 bits per heavy atom. The molecule has 0 aliphatic heterocycles. The summed E-state index contributed by atoms with van der Waals surface area (Å²) in [6.07, 6.45) is 2.72. The Bertz CT molecular complexity index is 731. The van der Waals surface area contributed by atoms with E-state index in [-0.39, 0.29) is 18.3 Å². The first-order valence-corrected chi connectivity index (χ1v) is 10.5. The smallest absolute Gasteiger partial charge is 0.407 e. The van der Waals surface area contributed by atoms with E-state index in [0.29, 0.717) is 42.9 Å². The summed E-state index contributed by atoms with van der Waals surface area (Å²) in [5.74, 6) is 0.220. The van der Waals surface area contributed by atoms with Gasteiger partial charge in [-0.1, -0.05) is 23.7 Å². The van der Waals surface area contributed by atoms with E-state index < -0.39 is 17.7 Å². The number of benzene rings is 1. The molecule has 168 valence electrons. The highest BCUT2D eigenvalue weighted by molar-refractivity contribution is 6.32. The van der Waals surface area contributed by atoms with Crippen molar-refractivity contribution >= 4 is 29.4 Å². The van der Waals surface area contributed by atoms with Gasteiger partial charge in [0.05, 0.1) is 11.1 Å². The summed E-state index contributed by atoms with van der Waals surface area (Å²) in [4.78, 5) is 34.3. The van der Waals surface area contributed by atoms with Gasteiger partial charge in [-0.05, 0) is 65.0 Å². The molecule has 0 fully saturated rings. The van der Waals surface area contributed by atoms with E-state index in [4.69, 9.17) is 26.8 Å². The van der Waals surface area contributed by atoms with E-state index in [1.54, 1.807) is 26.8 Å². The second kappa shape index (κ2) is 12.4. The number of primary amides is 1. The second-order valence-corrected chi connectivity index (χ2v) is 8.68. The highest BCUT2D eigenvalue weighted by atomic mass is 35.5. The number of Topliss-reactive ketones (excluding diaryl/α,β-unsaturated/α-hetero) is 1. The molecule has 8 heteroatoms. The molecule has 0 spiro atoms. The lowest BCUT2D eigenvalue weighted by molar-refractivity contribution is -0.118. The number of alkyl carbamates (subject to hydrolysis) is 1. The Morgan fingerprint density at radius 1 is 1.17 bits per heavy atom. The van der Waals surface area contributed by atoms with E-state index in [0.717, 1.165) is 12.0 Å². The molecule has 1 aromatic rings. The maximum absolute atomic E-state index is 12.1. The van der Waals surface area contributed by atoms with Crippen LogP contribution in [-0.4, -0.2) is 36.0 Å². The van der Waals surface area contributed by atoms with Gasteiger partial charge in [-0.2, -0.15) is 0 Å². The quantitative estimate of drug-likeness (QED) is 0.474. The predicted octanol–water partition coefficient (Wildman–Crippen LogP) is 4.18. The average molecular weight is 441 g/mol. The van der Waals surface area contributed by atoms with Crippen molar-refractivity contribution in [2.45, 2.75) is 77.9 Å². The van der Waals surface area contributed by atoms with Crippen molar-refractivity contribution in [2.24, 2.45) is 5.73 Å². The normalized spacial score (nSPS) is 12.2. The molecule has 0 bridgehead atoms. The molecule has 30 heavy (non-hydrogen) atoms. The van der Waals surface area contributed by atoms with E-state index in [2.05, 4.69) is 5.32 Å². The Morgan fingerprint density at radius 3 is 2.47 bits per heavy atom. The molecule has 1 aromatic carbocycles. The molecule has 0 aliphatic rings. The largest absolute Gasteiger partial charge is 0.490 e. The fourth-order valence-electron chi connectivity index (χ4n) is 2.71. The third-order valence-corrected chi connectivity index (χ3v) is 4.60. The van der Waals surface area contributed by atoms with Gasteiger partial charge in [0, 0.05) is 12.8 Å². The number of nitrogens with one attached hydrogen (secondary N) is 1. The lowest BCUT2D eigenvalue weighted by Crippen LogP contribution is -2.42. The second-order valence-electron chi connectivity index (χ2n) is 8.30. The van der Waals surface area contributed by atoms with Crippen molar-refractivity contribution in [1.29, 1.82) is 0 Å². The summed E-state index contributed by atoms with van der Waals surface area (Å²) >= 11 is 6.47. The Labute approximate surface area is 183 Å². The van der Waals surface area contributed by atoms with Crippen LogP contribution >= 0.6 is 11.6 Å². The van der Waals surface area contributed by atoms with Gasteiger partial charge in [-0.25, -0.2) is 4.79 Å². The van der Waals surface area contributed by atoms with Gasteiger partial charge < -0.3 is 25.3 Å². The molecule has 0 saturated heterocycles. The summed E-state index contributed by atoms with van der Waals surface area (Å²) in [6, 6.07) is 5.10. The number of ketones is 1. The topological polar surface area (TPSA) is 108 Å². The van der Waals surface area contributed by atoms with Crippen molar-refractivity contribution in [3.63, 3.8) is 0 Å². The minimum Gasteiger partial charge on any atom is -0.490 e. The minimum atomic E-state index is -0.623. The molecule has 3 N–H and O–H groups in total. The minimum absolute atomic E-state index is 0.0296. The van der Waals surface area contributed by atoms with Crippen molar-refractivity contribution in [3.05, 3.63) is 28.8 Å². The third kappa shape index (κ3) is 11.0. The first-order chi connectivity index (χ1) is 14.0. The summed E-state index contributed by atoms with van der Waals surface area (Å²) < 4.78 is 11.2. The van der Waals surface area contributed by atoms with Crippen LogP contribution < -0.4 is 15.8 Å². The van der Waals surface area contributed by atoms with E-state index in [1.165, 1.54) is 6.92 Å². The zero-order valence-corrected chi connectivity index (χ0v) is 19.0. The number of nitrogens with two attached hydrogens (primary N) is 1. The fraction of sp³-hybridized carbons (Fsp3) is 0.591. The SMILES string of the molecule is CC(=O)CCC(COc1cccc(CCCCC(N)=O)c1Cl)NC(=O)OC(C)(C)C. The molecule has 1 unspecified atom stereocenters. The third-order valence-electron chi connectivity index (χ3n) is 4.17. The van der Waals surface area contributed by atoms with Crippen molar-refractivity contribution in [2.75, 3.05) is 6.61 Å². The number of carbonyl (C=O) groups excluding carboxylic acids is 3. The number of carbonyl (C=O) groups is 3. The number of hydrogen-bond donors (Lipinski definition) is 2. The summed E-state index contributed by atoms with van der Waals surface area (Å²) in [5, 5.41) is 3.26. The fourth-order valence-corrected chi connectivity index (χ4v) is 2.99. The van der Waals surface area contributed by atoms with Crippen LogP contribution in [0.3, 0.4) is 0 Å². The zero-order chi connectivity index (χ0) is 22.7. The molecule has 0 saturated carbocycles. The molecule has 1 rings (SSSR count). The molecule has 0 radical (unpaired) electrons. The number of ether oxygens (including phenoxy) is 2. The summed E-state index contributed by atoms with van der Waals surface area (Å²) in [5.41, 5.74) is 5.45. The van der Waals surface area contributed by atoms with Crippen molar-refractivity contribution < 1.29 is 23.9 Å². The number of aryl methyl sites for hydroxylation is 1. The molecule has 0 aliphatic carbocycles. The van der Waals surface area contributed by atoms with Crippen LogP contribution in [0.4, 0.5) is 4.79 Å². The van der Waals surface area contributed by atoms with E-state index >= 15 is 0 Å². The van der Waals surface area contributed by atoms with Crippen molar-refractivity contribution in [1.82, 2.24) is 5.32 Å². The molecular weight excluding hydrogens is 408 g/mol. The number of hydrogen-bond acceptors (Lipinski definition) is 5.